The lowest BCUT2D eigenvalue weighted by Crippen LogP contribution is -2.23. The Balaban J connectivity index is 2.90. The van der Waals surface area contributed by atoms with Crippen LogP contribution in [0.4, 0.5) is 5.82 Å². The maximum Gasteiger partial charge on any atom is 0.217 e. The fourth-order valence-electron chi connectivity index (χ4n) is 0.844. The van der Waals surface area contributed by atoms with Crippen molar-refractivity contribution in [2.24, 2.45) is 0 Å². The lowest BCUT2D eigenvalue weighted by Gasteiger charge is -2.10. The Morgan fingerprint density at radius 2 is 2.14 bits per heavy atom. The molecule has 0 aliphatic rings. The zero-order chi connectivity index (χ0) is 10.8. The maximum absolute atomic E-state index is 11.4. The molecule has 1 heterocycles. The van der Waals surface area contributed by atoms with E-state index in [4.69, 9.17) is 5.73 Å². The number of hydrogen-bond donors (Lipinski definition) is 1. The Labute approximate surface area is 82.8 Å². The van der Waals surface area contributed by atoms with Crippen LogP contribution in [0.2, 0.25) is 0 Å². The molecule has 0 unspecified atom stereocenters. The Bertz CT molecular complexity index is 415. The summed E-state index contributed by atoms with van der Waals surface area (Å²) in [6.45, 7) is 0. The quantitative estimate of drug-likeness (QED) is 0.732. The van der Waals surface area contributed by atoms with Crippen LogP contribution in [0, 0.1) is 0 Å². The van der Waals surface area contributed by atoms with E-state index < -0.39 is 10.0 Å². The van der Waals surface area contributed by atoms with Crippen molar-refractivity contribution in [3.63, 3.8) is 0 Å². The monoisotopic (exact) mass is 216 g/mol. The summed E-state index contributed by atoms with van der Waals surface area (Å²) < 4.78 is 24.1. The van der Waals surface area contributed by atoms with Gasteiger partial charge in [0.05, 0.1) is 11.9 Å². The van der Waals surface area contributed by atoms with E-state index in [-0.39, 0.29) is 11.6 Å². The summed E-state index contributed by atoms with van der Waals surface area (Å²) in [6.07, 6.45) is 1.39. The molecule has 0 aromatic carbocycles. The summed E-state index contributed by atoms with van der Waals surface area (Å²) in [7, 11) is -0.299. The van der Waals surface area contributed by atoms with Crippen molar-refractivity contribution < 1.29 is 8.42 Å². The van der Waals surface area contributed by atoms with E-state index in [9.17, 15) is 8.42 Å². The summed E-state index contributed by atoms with van der Waals surface area (Å²) >= 11 is 0. The third-order valence-corrected chi connectivity index (χ3v) is 3.45. The number of aromatic nitrogens is 2. The van der Waals surface area contributed by atoms with E-state index in [2.05, 4.69) is 10.2 Å². The zero-order valence-electron chi connectivity index (χ0n) is 8.01. The molecule has 0 amide bonds. The molecule has 0 bridgehead atoms. The number of hydrogen-bond acceptors (Lipinski definition) is 5. The van der Waals surface area contributed by atoms with Crippen LogP contribution < -0.4 is 5.73 Å². The topological polar surface area (TPSA) is 89.2 Å². The lowest BCUT2D eigenvalue weighted by molar-refractivity contribution is 0.519. The first-order valence-corrected chi connectivity index (χ1v) is 5.50. The molecule has 0 aliphatic carbocycles. The highest BCUT2D eigenvalue weighted by atomic mass is 32.2. The van der Waals surface area contributed by atoms with E-state index in [1.165, 1.54) is 26.4 Å². The minimum atomic E-state index is -3.26. The van der Waals surface area contributed by atoms with Gasteiger partial charge in [-0.1, -0.05) is 0 Å². The van der Waals surface area contributed by atoms with Crippen LogP contribution >= 0.6 is 0 Å². The van der Waals surface area contributed by atoms with Gasteiger partial charge in [0.15, 0.2) is 0 Å². The van der Waals surface area contributed by atoms with Crippen LogP contribution in [0.25, 0.3) is 0 Å². The number of sulfonamides is 1. The van der Waals surface area contributed by atoms with Gasteiger partial charge in [0.2, 0.25) is 10.0 Å². The summed E-state index contributed by atoms with van der Waals surface area (Å²) in [6, 6.07) is 1.49. The van der Waals surface area contributed by atoms with Crippen molar-refractivity contribution in [1.29, 1.82) is 0 Å². The highest BCUT2D eigenvalue weighted by Gasteiger charge is 2.14. The molecule has 2 N–H and O–H groups in total. The van der Waals surface area contributed by atoms with Gasteiger partial charge in [0.1, 0.15) is 5.82 Å². The minimum absolute atomic E-state index is 0.111. The molecule has 1 aromatic heterocycles. The van der Waals surface area contributed by atoms with Crippen molar-refractivity contribution in [2.75, 3.05) is 19.8 Å². The smallest absolute Gasteiger partial charge is 0.217 e. The van der Waals surface area contributed by atoms with Crippen molar-refractivity contribution in [3.8, 4) is 0 Å². The minimum Gasteiger partial charge on any atom is -0.382 e. The molecule has 6 nitrogen and oxygen atoms in total. The van der Waals surface area contributed by atoms with Crippen LogP contribution in [0.5, 0.6) is 0 Å². The molecule has 0 radical (unpaired) electrons. The van der Waals surface area contributed by atoms with E-state index >= 15 is 0 Å². The molecule has 14 heavy (non-hydrogen) atoms. The molecule has 7 heteroatoms. The summed E-state index contributed by atoms with van der Waals surface area (Å²) in [5, 5.41) is 7.10. The van der Waals surface area contributed by atoms with Gasteiger partial charge >= 0.3 is 0 Å². The first kappa shape index (κ1) is 10.9. The molecule has 0 aliphatic heterocycles. The Kier molecular flexibility index (Phi) is 3.02. The second-order valence-electron chi connectivity index (χ2n) is 3.03. The molecule has 1 aromatic rings. The highest BCUT2D eigenvalue weighted by molar-refractivity contribution is 7.88. The third kappa shape index (κ3) is 2.64. The van der Waals surface area contributed by atoms with Crippen LogP contribution in [0.15, 0.2) is 12.3 Å². The Morgan fingerprint density at radius 1 is 1.50 bits per heavy atom. The lowest BCUT2D eigenvalue weighted by atomic mass is 10.3. The molecular formula is C7H12N4O2S. The molecule has 78 valence electrons. The molecule has 1 rings (SSSR count). The van der Waals surface area contributed by atoms with Gasteiger partial charge < -0.3 is 5.73 Å². The van der Waals surface area contributed by atoms with E-state index in [1.807, 2.05) is 0 Å². The van der Waals surface area contributed by atoms with Crippen LogP contribution in [-0.4, -0.2) is 37.0 Å². The predicted molar refractivity (Wildman–Crippen MR) is 52.8 cm³/mol. The normalized spacial score (nSPS) is 11.9. The standard InChI is InChI=1S/C7H12N4O2S/c1-11(2)14(12,13)5-6-3-7(8)10-9-4-6/h3-4H,5H2,1-2H3,(H2,8,10). The first-order valence-electron chi connectivity index (χ1n) is 3.89. The van der Waals surface area contributed by atoms with Crippen LogP contribution in [0.1, 0.15) is 5.56 Å². The van der Waals surface area contributed by atoms with Crippen LogP contribution in [0.3, 0.4) is 0 Å². The van der Waals surface area contributed by atoms with Gasteiger partial charge in [0, 0.05) is 14.1 Å². The average Bonchev–Trinajstić information content (AvgIpc) is 2.02. The number of rotatable bonds is 3. The van der Waals surface area contributed by atoms with E-state index in [0.717, 1.165) is 4.31 Å². The van der Waals surface area contributed by atoms with Gasteiger partial charge in [-0.3, -0.25) is 0 Å². The average molecular weight is 216 g/mol. The molecule has 0 saturated heterocycles. The van der Waals surface area contributed by atoms with E-state index in [0.29, 0.717) is 5.56 Å². The van der Waals surface area contributed by atoms with Gasteiger partial charge in [-0.05, 0) is 11.6 Å². The number of anilines is 1. The van der Waals surface area contributed by atoms with Gasteiger partial charge in [-0.15, -0.1) is 5.10 Å². The molecular weight excluding hydrogens is 204 g/mol. The van der Waals surface area contributed by atoms with Crippen molar-refractivity contribution in [3.05, 3.63) is 17.8 Å². The fraction of sp³-hybridized carbons (Fsp3) is 0.429. The van der Waals surface area contributed by atoms with Gasteiger partial charge in [-0.2, -0.15) is 5.10 Å². The summed E-state index contributed by atoms with van der Waals surface area (Å²) in [5.41, 5.74) is 5.91. The summed E-state index contributed by atoms with van der Waals surface area (Å²) in [4.78, 5) is 0. The van der Waals surface area contributed by atoms with Crippen molar-refractivity contribution in [2.45, 2.75) is 5.75 Å². The number of nitrogens with zero attached hydrogens (tertiary/aromatic N) is 3. The molecule has 0 spiro atoms. The van der Waals surface area contributed by atoms with Gasteiger partial charge in [0.25, 0.3) is 0 Å². The SMILES string of the molecule is CN(C)S(=O)(=O)Cc1cnnc(N)c1. The maximum atomic E-state index is 11.4. The van der Waals surface area contributed by atoms with Gasteiger partial charge in [-0.25, -0.2) is 12.7 Å². The van der Waals surface area contributed by atoms with E-state index in [1.54, 1.807) is 0 Å². The molecule has 0 atom stereocenters. The summed E-state index contributed by atoms with van der Waals surface area (Å²) in [5.74, 6) is 0.108. The molecule has 0 fully saturated rings. The van der Waals surface area contributed by atoms with Crippen LogP contribution in [-0.2, 0) is 15.8 Å². The first-order chi connectivity index (χ1) is 6.42. The van der Waals surface area contributed by atoms with Crippen molar-refractivity contribution in [1.82, 2.24) is 14.5 Å². The number of nitrogen functional groups attached to an aromatic ring is 1. The largest absolute Gasteiger partial charge is 0.382 e. The Hall–Kier alpha value is -1.21. The molecule has 0 saturated carbocycles. The van der Waals surface area contributed by atoms with Crippen molar-refractivity contribution >= 4 is 15.8 Å². The zero-order valence-corrected chi connectivity index (χ0v) is 8.82. The predicted octanol–water partition coefficient (Wildman–Crippen LogP) is -0.550. The fourth-order valence-corrected chi connectivity index (χ4v) is 1.68. The highest BCUT2D eigenvalue weighted by Crippen LogP contribution is 2.08. The second kappa shape index (κ2) is 3.89. The Morgan fingerprint density at radius 3 is 2.64 bits per heavy atom. The number of nitrogens with two attached hydrogens (primary N) is 1. The second-order valence-corrected chi connectivity index (χ2v) is 5.21. The third-order valence-electron chi connectivity index (χ3n) is 1.64.